The summed E-state index contributed by atoms with van der Waals surface area (Å²) >= 11 is 0. The maximum absolute atomic E-state index is 12.6. The third kappa shape index (κ3) is 4.91. The molecule has 0 aliphatic carbocycles. The van der Waals surface area contributed by atoms with Crippen LogP contribution in [-0.4, -0.2) is 52.6 Å². The van der Waals surface area contributed by atoms with Crippen molar-refractivity contribution in [2.75, 3.05) is 19.7 Å². The summed E-state index contributed by atoms with van der Waals surface area (Å²) in [6, 6.07) is 9.10. The highest BCUT2D eigenvalue weighted by atomic mass is 16.5. The van der Waals surface area contributed by atoms with Gasteiger partial charge in [0, 0.05) is 30.7 Å². The van der Waals surface area contributed by atoms with Crippen LogP contribution in [0, 0.1) is 12.8 Å². The lowest BCUT2D eigenvalue weighted by Gasteiger charge is -2.32. The lowest BCUT2D eigenvalue weighted by molar-refractivity contribution is 0.0627. The molecular formula is C21H28N4O3. The van der Waals surface area contributed by atoms with Crippen molar-refractivity contribution in [1.29, 1.82) is 0 Å². The lowest BCUT2D eigenvalue weighted by atomic mass is 9.98. The summed E-state index contributed by atoms with van der Waals surface area (Å²) in [5, 5.41) is 9.79. The number of para-hydroxylation sites is 1. The molecule has 7 heteroatoms. The number of nitrogens with one attached hydrogen (secondary N) is 2. The smallest absolute Gasteiger partial charge is 0.274 e. The molecule has 1 aliphatic rings. The summed E-state index contributed by atoms with van der Waals surface area (Å²) in [5.74, 6) is 0.608. The van der Waals surface area contributed by atoms with Gasteiger partial charge in [0.25, 0.3) is 11.8 Å². The van der Waals surface area contributed by atoms with Gasteiger partial charge in [0.15, 0.2) is 0 Å². The number of H-pyrrole nitrogens is 1. The fraction of sp³-hybridized carbons (Fsp3) is 0.476. The fourth-order valence-electron chi connectivity index (χ4n) is 3.40. The molecule has 0 radical (unpaired) electrons. The number of likely N-dealkylation sites (tertiary alicyclic amines) is 1. The highest BCUT2D eigenvalue weighted by Gasteiger charge is 2.26. The van der Waals surface area contributed by atoms with Gasteiger partial charge in [0.1, 0.15) is 11.4 Å². The van der Waals surface area contributed by atoms with Crippen LogP contribution in [0.5, 0.6) is 5.75 Å². The van der Waals surface area contributed by atoms with Gasteiger partial charge in [-0.3, -0.25) is 14.7 Å². The van der Waals surface area contributed by atoms with Gasteiger partial charge in [-0.2, -0.15) is 5.10 Å². The second-order valence-corrected chi connectivity index (χ2v) is 7.63. The Bertz CT molecular complexity index is 831. The van der Waals surface area contributed by atoms with Crippen molar-refractivity contribution in [2.24, 2.45) is 5.92 Å². The van der Waals surface area contributed by atoms with E-state index in [0.29, 0.717) is 30.2 Å². The molecule has 1 aromatic carbocycles. The van der Waals surface area contributed by atoms with Crippen LogP contribution in [0.25, 0.3) is 0 Å². The normalized spacial score (nSPS) is 16.9. The molecule has 1 unspecified atom stereocenters. The Balaban J connectivity index is 1.60. The van der Waals surface area contributed by atoms with Crippen molar-refractivity contribution in [3.8, 4) is 5.75 Å². The van der Waals surface area contributed by atoms with Crippen LogP contribution >= 0.6 is 0 Å². The second kappa shape index (κ2) is 8.91. The molecule has 1 fully saturated rings. The third-order valence-electron chi connectivity index (χ3n) is 4.76. The van der Waals surface area contributed by atoms with Crippen LogP contribution in [0.15, 0.2) is 30.3 Å². The molecule has 2 amide bonds. The molecule has 28 heavy (non-hydrogen) atoms. The van der Waals surface area contributed by atoms with Gasteiger partial charge < -0.3 is 15.0 Å². The first-order chi connectivity index (χ1) is 13.4. The minimum atomic E-state index is -0.139. The number of hydrogen-bond donors (Lipinski definition) is 2. The molecule has 0 bridgehead atoms. The van der Waals surface area contributed by atoms with Crippen molar-refractivity contribution in [3.05, 3.63) is 47.3 Å². The van der Waals surface area contributed by atoms with E-state index in [0.717, 1.165) is 25.1 Å². The van der Waals surface area contributed by atoms with E-state index in [2.05, 4.69) is 15.5 Å². The van der Waals surface area contributed by atoms with E-state index < -0.39 is 0 Å². The Labute approximate surface area is 165 Å². The standard InChI is InChI=1S/C21H28N4O3/c1-14(2)22-20(26)17-8-4-5-9-19(17)28-13-16-7-6-10-25(12-16)21(27)18-11-15(3)23-24-18/h4-5,8-9,11,14,16H,6-7,10,12-13H2,1-3H3,(H,22,26)(H,23,24). The maximum atomic E-state index is 12.6. The Kier molecular flexibility index (Phi) is 6.34. The number of aromatic nitrogens is 2. The zero-order valence-electron chi connectivity index (χ0n) is 16.7. The molecule has 2 N–H and O–H groups in total. The van der Waals surface area contributed by atoms with E-state index >= 15 is 0 Å². The molecule has 0 saturated carbocycles. The molecule has 1 saturated heterocycles. The minimum absolute atomic E-state index is 0.0502. The molecular weight excluding hydrogens is 356 g/mol. The summed E-state index contributed by atoms with van der Waals surface area (Å²) in [6.07, 6.45) is 1.92. The van der Waals surface area contributed by atoms with Gasteiger partial charge >= 0.3 is 0 Å². The molecule has 1 atom stereocenters. The average Bonchev–Trinajstić information content (AvgIpc) is 3.12. The number of piperidine rings is 1. The van der Waals surface area contributed by atoms with Crippen molar-refractivity contribution in [2.45, 2.75) is 39.7 Å². The van der Waals surface area contributed by atoms with Gasteiger partial charge in [-0.05, 0) is 51.8 Å². The van der Waals surface area contributed by atoms with Crippen molar-refractivity contribution in [3.63, 3.8) is 0 Å². The summed E-state index contributed by atoms with van der Waals surface area (Å²) in [6.45, 7) is 7.56. The number of carbonyl (C=O) groups excluding carboxylic acids is 2. The van der Waals surface area contributed by atoms with Crippen molar-refractivity contribution < 1.29 is 14.3 Å². The predicted octanol–water partition coefficient (Wildman–Crippen LogP) is 2.79. The molecule has 1 aromatic heterocycles. The van der Waals surface area contributed by atoms with E-state index in [1.165, 1.54) is 0 Å². The first kappa shape index (κ1) is 19.9. The number of rotatable bonds is 6. The lowest BCUT2D eigenvalue weighted by Crippen LogP contribution is -2.41. The number of benzene rings is 1. The van der Waals surface area contributed by atoms with E-state index in [9.17, 15) is 9.59 Å². The van der Waals surface area contributed by atoms with Gasteiger partial charge in [-0.15, -0.1) is 0 Å². The molecule has 2 heterocycles. The van der Waals surface area contributed by atoms with Crippen molar-refractivity contribution >= 4 is 11.8 Å². The maximum Gasteiger partial charge on any atom is 0.274 e. The van der Waals surface area contributed by atoms with Gasteiger partial charge in [0.05, 0.1) is 12.2 Å². The first-order valence-corrected chi connectivity index (χ1v) is 9.78. The third-order valence-corrected chi connectivity index (χ3v) is 4.76. The van der Waals surface area contributed by atoms with Crippen LogP contribution in [-0.2, 0) is 0 Å². The van der Waals surface area contributed by atoms with Gasteiger partial charge in [0.2, 0.25) is 0 Å². The highest BCUT2D eigenvalue weighted by Crippen LogP contribution is 2.23. The van der Waals surface area contributed by atoms with Crippen molar-refractivity contribution in [1.82, 2.24) is 20.4 Å². The molecule has 0 spiro atoms. The molecule has 7 nitrogen and oxygen atoms in total. The Morgan fingerprint density at radius 1 is 1.36 bits per heavy atom. The number of nitrogens with zero attached hydrogens (tertiary/aromatic N) is 2. The number of aryl methyl sites for hydroxylation is 1. The second-order valence-electron chi connectivity index (χ2n) is 7.63. The summed E-state index contributed by atoms with van der Waals surface area (Å²) in [4.78, 5) is 26.8. The number of ether oxygens (including phenoxy) is 1. The number of hydrogen-bond acceptors (Lipinski definition) is 4. The van der Waals surface area contributed by atoms with Crippen LogP contribution in [0.3, 0.4) is 0 Å². The van der Waals surface area contributed by atoms with Crippen LogP contribution in [0.1, 0.15) is 53.2 Å². The topological polar surface area (TPSA) is 87.3 Å². The zero-order chi connectivity index (χ0) is 20.1. The highest BCUT2D eigenvalue weighted by molar-refractivity contribution is 5.97. The molecule has 3 rings (SSSR count). The van der Waals surface area contributed by atoms with E-state index in [-0.39, 0.29) is 23.8 Å². The van der Waals surface area contributed by atoms with Crippen LogP contribution in [0.2, 0.25) is 0 Å². The first-order valence-electron chi connectivity index (χ1n) is 9.78. The summed E-state index contributed by atoms with van der Waals surface area (Å²) in [7, 11) is 0. The van der Waals surface area contributed by atoms with Crippen LogP contribution < -0.4 is 10.1 Å². The van der Waals surface area contributed by atoms with E-state index in [1.807, 2.05) is 43.9 Å². The zero-order valence-corrected chi connectivity index (χ0v) is 16.7. The Morgan fingerprint density at radius 2 is 2.14 bits per heavy atom. The Hall–Kier alpha value is -2.83. The quantitative estimate of drug-likeness (QED) is 0.802. The van der Waals surface area contributed by atoms with Gasteiger partial charge in [-0.1, -0.05) is 12.1 Å². The van der Waals surface area contributed by atoms with E-state index in [4.69, 9.17) is 4.74 Å². The number of carbonyl (C=O) groups is 2. The van der Waals surface area contributed by atoms with E-state index in [1.54, 1.807) is 12.1 Å². The molecule has 1 aliphatic heterocycles. The summed E-state index contributed by atoms with van der Waals surface area (Å²) < 4.78 is 6.00. The number of amides is 2. The monoisotopic (exact) mass is 384 g/mol. The summed E-state index contributed by atoms with van der Waals surface area (Å²) in [5.41, 5.74) is 1.86. The minimum Gasteiger partial charge on any atom is -0.492 e. The molecule has 150 valence electrons. The predicted molar refractivity (Wildman–Crippen MR) is 106 cm³/mol. The number of aromatic amines is 1. The Morgan fingerprint density at radius 3 is 2.86 bits per heavy atom. The largest absolute Gasteiger partial charge is 0.492 e. The SMILES string of the molecule is Cc1cc(C(=O)N2CCCC(COc3ccccc3C(=O)NC(C)C)C2)n[nH]1. The fourth-order valence-corrected chi connectivity index (χ4v) is 3.40. The van der Waals surface area contributed by atoms with Crippen LogP contribution in [0.4, 0.5) is 0 Å². The molecule has 2 aromatic rings. The average molecular weight is 384 g/mol. The van der Waals surface area contributed by atoms with Gasteiger partial charge in [-0.25, -0.2) is 0 Å².